The molecule has 7 nitrogen and oxygen atoms in total. The van der Waals surface area contributed by atoms with Crippen molar-refractivity contribution in [3.63, 3.8) is 0 Å². The molecular formula is C12H13N3O4. The molecule has 1 saturated heterocycles. The molecule has 0 saturated carbocycles. The van der Waals surface area contributed by atoms with Crippen LogP contribution in [0.5, 0.6) is 5.88 Å². The molecular weight excluding hydrogens is 250 g/mol. The SMILES string of the molecule is O=C(O)c1cn2nc(OC[C@@H]3CCCO3)ccc2n1. The fourth-order valence-electron chi connectivity index (χ4n) is 2.00. The van der Waals surface area contributed by atoms with Gasteiger partial charge in [-0.05, 0) is 18.9 Å². The number of hydrogen-bond donors (Lipinski definition) is 1. The molecule has 1 fully saturated rings. The lowest BCUT2D eigenvalue weighted by atomic mass is 10.2. The number of aromatic carboxylic acids is 1. The molecule has 0 radical (unpaired) electrons. The van der Waals surface area contributed by atoms with Crippen LogP contribution in [-0.4, -0.2) is 45.0 Å². The molecule has 1 aliphatic heterocycles. The van der Waals surface area contributed by atoms with Gasteiger partial charge in [-0.15, -0.1) is 5.10 Å². The van der Waals surface area contributed by atoms with E-state index < -0.39 is 5.97 Å². The van der Waals surface area contributed by atoms with Gasteiger partial charge in [0, 0.05) is 12.7 Å². The second-order valence-corrected chi connectivity index (χ2v) is 4.35. The second-order valence-electron chi connectivity index (χ2n) is 4.35. The van der Waals surface area contributed by atoms with Crippen molar-refractivity contribution >= 4 is 11.6 Å². The van der Waals surface area contributed by atoms with E-state index >= 15 is 0 Å². The number of carboxylic acids is 1. The van der Waals surface area contributed by atoms with E-state index in [0.29, 0.717) is 18.1 Å². The molecule has 0 amide bonds. The van der Waals surface area contributed by atoms with Crippen LogP contribution >= 0.6 is 0 Å². The van der Waals surface area contributed by atoms with Crippen LogP contribution < -0.4 is 4.74 Å². The number of rotatable bonds is 4. The zero-order chi connectivity index (χ0) is 13.2. The number of hydrogen-bond acceptors (Lipinski definition) is 5. The summed E-state index contributed by atoms with van der Waals surface area (Å²) >= 11 is 0. The monoisotopic (exact) mass is 263 g/mol. The van der Waals surface area contributed by atoms with Gasteiger partial charge >= 0.3 is 5.97 Å². The first-order valence-corrected chi connectivity index (χ1v) is 6.06. The van der Waals surface area contributed by atoms with Gasteiger partial charge in [0.1, 0.15) is 6.61 Å². The molecule has 1 N–H and O–H groups in total. The number of carbonyl (C=O) groups is 1. The quantitative estimate of drug-likeness (QED) is 0.885. The first-order chi connectivity index (χ1) is 9.22. The van der Waals surface area contributed by atoms with Crippen LogP contribution in [0.15, 0.2) is 18.3 Å². The van der Waals surface area contributed by atoms with Gasteiger partial charge in [-0.2, -0.15) is 0 Å². The van der Waals surface area contributed by atoms with Crippen LogP contribution in [0.1, 0.15) is 23.3 Å². The van der Waals surface area contributed by atoms with Gasteiger partial charge in [0.15, 0.2) is 11.3 Å². The van der Waals surface area contributed by atoms with E-state index in [0.717, 1.165) is 19.4 Å². The lowest BCUT2D eigenvalue weighted by Gasteiger charge is -2.10. The molecule has 2 aromatic heterocycles. The Morgan fingerprint density at radius 3 is 3.21 bits per heavy atom. The highest BCUT2D eigenvalue weighted by atomic mass is 16.5. The predicted molar refractivity (Wildman–Crippen MR) is 64.4 cm³/mol. The Morgan fingerprint density at radius 2 is 2.47 bits per heavy atom. The number of carboxylic acid groups (broad SMARTS) is 1. The van der Waals surface area contributed by atoms with Crippen molar-refractivity contribution in [3.8, 4) is 5.88 Å². The molecule has 0 unspecified atom stereocenters. The summed E-state index contributed by atoms with van der Waals surface area (Å²) < 4.78 is 12.4. The lowest BCUT2D eigenvalue weighted by Crippen LogP contribution is -2.17. The molecule has 3 heterocycles. The third-order valence-electron chi connectivity index (χ3n) is 2.96. The summed E-state index contributed by atoms with van der Waals surface area (Å²) in [6.45, 7) is 1.24. The molecule has 1 aliphatic rings. The average Bonchev–Trinajstić information content (AvgIpc) is 3.04. The minimum Gasteiger partial charge on any atom is -0.476 e. The fourth-order valence-corrected chi connectivity index (χ4v) is 2.00. The van der Waals surface area contributed by atoms with E-state index in [-0.39, 0.29) is 11.8 Å². The van der Waals surface area contributed by atoms with Gasteiger partial charge in [0.25, 0.3) is 0 Å². The maximum atomic E-state index is 10.8. The van der Waals surface area contributed by atoms with E-state index in [1.807, 2.05) is 0 Å². The van der Waals surface area contributed by atoms with Gasteiger partial charge in [0.2, 0.25) is 5.88 Å². The summed E-state index contributed by atoms with van der Waals surface area (Å²) in [4.78, 5) is 14.7. The summed E-state index contributed by atoms with van der Waals surface area (Å²) in [6.07, 6.45) is 3.53. The van der Waals surface area contributed by atoms with Crippen LogP contribution in [0.3, 0.4) is 0 Å². The minimum atomic E-state index is -1.08. The van der Waals surface area contributed by atoms with Crippen LogP contribution in [0, 0.1) is 0 Å². The lowest BCUT2D eigenvalue weighted by molar-refractivity contribution is 0.0659. The van der Waals surface area contributed by atoms with Crippen LogP contribution in [0.2, 0.25) is 0 Å². The van der Waals surface area contributed by atoms with E-state index in [9.17, 15) is 4.79 Å². The molecule has 0 spiro atoms. The highest BCUT2D eigenvalue weighted by molar-refractivity contribution is 5.85. The first kappa shape index (κ1) is 11.9. The molecule has 19 heavy (non-hydrogen) atoms. The standard InChI is InChI=1S/C12H13N3O4/c16-12(17)9-6-15-10(13-9)3-4-11(14-15)19-7-8-2-1-5-18-8/h3-4,6,8H,1-2,5,7H2,(H,16,17)/t8-/m0/s1. The summed E-state index contributed by atoms with van der Waals surface area (Å²) in [7, 11) is 0. The van der Waals surface area contributed by atoms with E-state index in [1.54, 1.807) is 12.1 Å². The van der Waals surface area contributed by atoms with E-state index in [2.05, 4.69) is 10.1 Å². The maximum Gasteiger partial charge on any atom is 0.356 e. The Bertz CT molecular complexity index is 604. The largest absolute Gasteiger partial charge is 0.476 e. The van der Waals surface area contributed by atoms with E-state index in [1.165, 1.54) is 10.7 Å². The van der Waals surface area contributed by atoms with Crippen molar-refractivity contribution in [2.45, 2.75) is 18.9 Å². The second kappa shape index (κ2) is 4.85. The number of ether oxygens (including phenoxy) is 2. The van der Waals surface area contributed by atoms with Crippen molar-refractivity contribution in [3.05, 3.63) is 24.0 Å². The normalized spacial score (nSPS) is 18.8. The van der Waals surface area contributed by atoms with Gasteiger partial charge in [-0.25, -0.2) is 14.3 Å². The number of imidazole rings is 1. The average molecular weight is 263 g/mol. The van der Waals surface area contributed by atoms with Crippen molar-refractivity contribution in [2.75, 3.05) is 13.2 Å². The Morgan fingerprint density at radius 1 is 1.58 bits per heavy atom. The first-order valence-electron chi connectivity index (χ1n) is 6.06. The van der Waals surface area contributed by atoms with Gasteiger partial charge < -0.3 is 14.6 Å². The van der Waals surface area contributed by atoms with Crippen LogP contribution in [-0.2, 0) is 4.74 Å². The highest BCUT2D eigenvalue weighted by Gasteiger charge is 2.16. The maximum absolute atomic E-state index is 10.8. The Labute approximate surface area is 108 Å². The van der Waals surface area contributed by atoms with Crippen molar-refractivity contribution in [2.24, 2.45) is 0 Å². The summed E-state index contributed by atoms with van der Waals surface area (Å²) in [6, 6.07) is 3.34. The molecule has 100 valence electrons. The van der Waals surface area contributed by atoms with Crippen molar-refractivity contribution in [1.82, 2.24) is 14.6 Å². The van der Waals surface area contributed by atoms with Crippen LogP contribution in [0.4, 0.5) is 0 Å². The topological polar surface area (TPSA) is 86.0 Å². The fraction of sp³-hybridized carbons (Fsp3) is 0.417. The Hall–Kier alpha value is -2.15. The zero-order valence-corrected chi connectivity index (χ0v) is 10.2. The smallest absolute Gasteiger partial charge is 0.356 e. The number of aromatic nitrogens is 3. The van der Waals surface area contributed by atoms with Crippen LogP contribution in [0.25, 0.3) is 5.65 Å². The molecule has 0 bridgehead atoms. The zero-order valence-electron chi connectivity index (χ0n) is 10.2. The molecule has 0 aliphatic carbocycles. The van der Waals surface area contributed by atoms with Gasteiger partial charge in [-0.3, -0.25) is 0 Å². The summed E-state index contributed by atoms with van der Waals surface area (Å²) in [5.41, 5.74) is 0.436. The predicted octanol–water partition coefficient (Wildman–Crippen LogP) is 0.985. The highest BCUT2D eigenvalue weighted by Crippen LogP contribution is 2.15. The minimum absolute atomic E-state index is 0.0382. The molecule has 2 aromatic rings. The van der Waals surface area contributed by atoms with Crippen molar-refractivity contribution < 1.29 is 19.4 Å². The Kier molecular flexibility index (Phi) is 3.04. The summed E-state index contributed by atoms with van der Waals surface area (Å²) in [5, 5.41) is 13.0. The van der Waals surface area contributed by atoms with Crippen molar-refractivity contribution in [1.29, 1.82) is 0 Å². The molecule has 1 atom stereocenters. The third kappa shape index (κ3) is 2.50. The van der Waals surface area contributed by atoms with E-state index in [4.69, 9.17) is 14.6 Å². The van der Waals surface area contributed by atoms with Gasteiger partial charge in [-0.1, -0.05) is 0 Å². The molecule has 0 aromatic carbocycles. The summed E-state index contributed by atoms with van der Waals surface area (Å²) in [5.74, 6) is -0.648. The molecule has 3 rings (SSSR count). The third-order valence-corrected chi connectivity index (χ3v) is 2.96. The molecule has 7 heteroatoms. The Balaban J connectivity index is 1.74. The number of nitrogens with zero attached hydrogens (tertiary/aromatic N) is 3. The van der Waals surface area contributed by atoms with Gasteiger partial charge in [0.05, 0.1) is 12.3 Å². The number of fused-ring (bicyclic) bond motifs is 1.